The van der Waals surface area contributed by atoms with Crippen molar-refractivity contribution in [2.24, 2.45) is 0 Å². The number of rotatable bonds is 5. The summed E-state index contributed by atoms with van der Waals surface area (Å²) in [6.07, 6.45) is 2.15. The number of anilines is 3. The predicted molar refractivity (Wildman–Crippen MR) is 123 cm³/mol. The Morgan fingerprint density at radius 1 is 1.03 bits per heavy atom. The van der Waals surface area contributed by atoms with Crippen LogP contribution in [0.5, 0.6) is 0 Å². The minimum atomic E-state index is 0.726. The first-order valence-electron chi connectivity index (χ1n) is 10.3. The Kier molecular flexibility index (Phi) is 5.81. The van der Waals surface area contributed by atoms with Gasteiger partial charge in [0.2, 0.25) is 0 Å². The van der Waals surface area contributed by atoms with Gasteiger partial charge in [-0.25, -0.2) is 9.97 Å². The summed E-state index contributed by atoms with van der Waals surface area (Å²) in [6.45, 7) is 10.1. The first-order chi connectivity index (χ1) is 14.5. The third kappa shape index (κ3) is 4.68. The SMILES string of the molecule is C/C(=C\c1ccccc1C)c1nc(Nc2cc(C)[nH]n2)cc(N2CCN(C)CC2)n1. The van der Waals surface area contributed by atoms with Crippen LogP contribution in [0.2, 0.25) is 0 Å². The molecule has 3 aromatic rings. The van der Waals surface area contributed by atoms with E-state index >= 15 is 0 Å². The lowest BCUT2D eigenvalue weighted by Crippen LogP contribution is -2.44. The molecule has 30 heavy (non-hydrogen) atoms. The first kappa shape index (κ1) is 20.1. The van der Waals surface area contributed by atoms with Gasteiger partial charge in [0.1, 0.15) is 11.6 Å². The van der Waals surface area contributed by atoms with Crippen molar-refractivity contribution in [3.8, 4) is 0 Å². The lowest BCUT2D eigenvalue weighted by Gasteiger charge is -2.33. The van der Waals surface area contributed by atoms with Gasteiger partial charge in [0.15, 0.2) is 11.6 Å². The molecule has 0 radical (unpaired) electrons. The molecule has 1 saturated heterocycles. The van der Waals surface area contributed by atoms with E-state index in [1.54, 1.807) is 0 Å². The molecule has 0 unspecified atom stereocenters. The van der Waals surface area contributed by atoms with Crippen molar-refractivity contribution in [3.63, 3.8) is 0 Å². The fraction of sp³-hybridized carbons (Fsp3) is 0.348. The monoisotopic (exact) mass is 403 g/mol. The third-order valence-corrected chi connectivity index (χ3v) is 5.42. The Labute approximate surface area is 177 Å². The van der Waals surface area contributed by atoms with Crippen LogP contribution in [0.25, 0.3) is 11.6 Å². The number of benzene rings is 1. The molecule has 2 aromatic heterocycles. The molecule has 2 N–H and O–H groups in total. The molecule has 0 bridgehead atoms. The first-order valence-corrected chi connectivity index (χ1v) is 10.3. The van der Waals surface area contributed by atoms with Crippen molar-refractivity contribution in [2.45, 2.75) is 20.8 Å². The van der Waals surface area contributed by atoms with Crippen LogP contribution in [0.3, 0.4) is 0 Å². The van der Waals surface area contributed by atoms with Crippen LogP contribution in [0.1, 0.15) is 29.6 Å². The van der Waals surface area contributed by atoms with Crippen LogP contribution in [-0.2, 0) is 0 Å². The normalized spacial score (nSPS) is 15.5. The van der Waals surface area contributed by atoms with Gasteiger partial charge in [-0.15, -0.1) is 0 Å². The zero-order valence-corrected chi connectivity index (χ0v) is 18.1. The van der Waals surface area contributed by atoms with Gasteiger partial charge in [0, 0.05) is 44.0 Å². The van der Waals surface area contributed by atoms with Gasteiger partial charge >= 0.3 is 0 Å². The molecule has 1 aliphatic rings. The van der Waals surface area contributed by atoms with Gasteiger partial charge in [-0.3, -0.25) is 5.10 Å². The quantitative estimate of drug-likeness (QED) is 0.674. The van der Waals surface area contributed by atoms with E-state index in [4.69, 9.17) is 9.97 Å². The standard InChI is InChI=1S/C23H29N7/c1-16-7-5-6-8-19(16)13-17(2)23-25-20(24-21-14-18(3)27-28-21)15-22(26-23)30-11-9-29(4)10-12-30/h5-8,13-15H,9-12H2,1-4H3,(H2,24,25,26,27,28)/b17-13+. The molecule has 156 valence electrons. The molecule has 4 rings (SSSR count). The van der Waals surface area contributed by atoms with E-state index in [2.05, 4.69) is 76.6 Å². The summed E-state index contributed by atoms with van der Waals surface area (Å²) in [4.78, 5) is 14.4. The van der Waals surface area contributed by atoms with E-state index in [0.29, 0.717) is 0 Å². The minimum Gasteiger partial charge on any atom is -0.354 e. The number of hydrogen-bond acceptors (Lipinski definition) is 6. The molecule has 0 amide bonds. The Hall–Kier alpha value is -3.19. The molecular weight excluding hydrogens is 374 g/mol. The third-order valence-electron chi connectivity index (χ3n) is 5.42. The van der Waals surface area contributed by atoms with Crippen molar-refractivity contribution in [3.05, 3.63) is 59.0 Å². The number of nitrogens with one attached hydrogen (secondary N) is 2. The van der Waals surface area contributed by atoms with Gasteiger partial charge in [-0.2, -0.15) is 5.10 Å². The number of aromatic nitrogens is 4. The lowest BCUT2D eigenvalue weighted by atomic mass is 10.1. The van der Waals surface area contributed by atoms with Crippen molar-refractivity contribution >= 4 is 29.1 Å². The second-order valence-electron chi connectivity index (χ2n) is 7.97. The highest BCUT2D eigenvalue weighted by Gasteiger charge is 2.18. The smallest absolute Gasteiger partial charge is 0.159 e. The second kappa shape index (κ2) is 8.67. The minimum absolute atomic E-state index is 0.726. The Morgan fingerprint density at radius 2 is 1.80 bits per heavy atom. The summed E-state index contributed by atoms with van der Waals surface area (Å²) in [5.74, 6) is 3.17. The number of H-pyrrole nitrogens is 1. The zero-order chi connectivity index (χ0) is 21.1. The van der Waals surface area contributed by atoms with E-state index in [9.17, 15) is 0 Å². The van der Waals surface area contributed by atoms with Gasteiger partial charge in [0.05, 0.1) is 0 Å². The predicted octanol–water partition coefficient (Wildman–Crippen LogP) is 3.87. The number of nitrogens with zero attached hydrogens (tertiary/aromatic N) is 5. The highest BCUT2D eigenvalue weighted by molar-refractivity contribution is 5.79. The molecular formula is C23H29N7. The summed E-state index contributed by atoms with van der Waals surface area (Å²) in [6, 6.07) is 12.3. The molecule has 0 saturated carbocycles. The van der Waals surface area contributed by atoms with Crippen molar-refractivity contribution in [1.82, 2.24) is 25.1 Å². The number of piperazine rings is 1. The Balaban J connectivity index is 1.70. The van der Waals surface area contributed by atoms with E-state index in [1.807, 2.05) is 19.1 Å². The van der Waals surface area contributed by atoms with E-state index < -0.39 is 0 Å². The summed E-state index contributed by atoms with van der Waals surface area (Å²) in [7, 11) is 2.16. The maximum Gasteiger partial charge on any atom is 0.159 e. The van der Waals surface area contributed by atoms with Crippen LogP contribution < -0.4 is 10.2 Å². The number of allylic oxidation sites excluding steroid dienone is 1. The molecule has 1 aliphatic heterocycles. The summed E-state index contributed by atoms with van der Waals surface area (Å²) in [5.41, 5.74) is 4.45. The van der Waals surface area contributed by atoms with Crippen LogP contribution in [0.15, 0.2) is 36.4 Å². The van der Waals surface area contributed by atoms with Gasteiger partial charge in [-0.05, 0) is 50.6 Å². The van der Waals surface area contributed by atoms with Crippen molar-refractivity contribution in [1.29, 1.82) is 0 Å². The van der Waals surface area contributed by atoms with E-state index in [-0.39, 0.29) is 0 Å². The van der Waals surface area contributed by atoms with Crippen LogP contribution in [0.4, 0.5) is 17.5 Å². The summed E-state index contributed by atoms with van der Waals surface area (Å²) in [5, 5.41) is 10.6. The van der Waals surface area contributed by atoms with E-state index in [0.717, 1.165) is 60.7 Å². The van der Waals surface area contributed by atoms with Gasteiger partial charge in [0.25, 0.3) is 0 Å². The largest absolute Gasteiger partial charge is 0.354 e. The van der Waals surface area contributed by atoms with Crippen molar-refractivity contribution < 1.29 is 0 Å². The topological polar surface area (TPSA) is 73.0 Å². The lowest BCUT2D eigenvalue weighted by molar-refractivity contribution is 0.312. The summed E-state index contributed by atoms with van der Waals surface area (Å²) < 4.78 is 0. The number of hydrogen-bond donors (Lipinski definition) is 2. The number of aromatic amines is 1. The highest BCUT2D eigenvalue weighted by Crippen LogP contribution is 2.24. The van der Waals surface area contributed by atoms with Gasteiger partial charge in [-0.1, -0.05) is 24.3 Å². The molecule has 1 aromatic carbocycles. The Bertz CT molecular complexity index is 1050. The highest BCUT2D eigenvalue weighted by atomic mass is 15.3. The maximum absolute atomic E-state index is 4.91. The average Bonchev–Trinajstić information content (AvgIpc) is 3.14. The molecule has 7 heteroatoms. The van der Waals surface area contributed by atoms with Gasteiger partial charge < -0.3 is 15.1 Å². The molecule has 0 spiro atoms. The molecule has 3 heterocycles. The average molecular weight is 404 g/mol. The molecule has 7 nitrogen and oxygen atoms in total. The molecule has 0 aliphatic carbocycles. The number of likely N-dealkylation sites (N-methyl/N-ethyl adjacent to an activating group) is 1. The molecule has 0 atom stereocenters. The fourth-order valence-electron chi connectivity index (χ4n) is 3.53. The molecule has 1 fully saturated rings. The Morgan fingerprint density at radius 3 is 2.50 bits per heavy atom. The fourth-order valence-corrected chi connectivity index (χ4v) is 3.53. The zero-order valence-electron chi connectivity index (χ0n) is 18.1. The van der Waals surface area contributed by atoms with Crippen LogP contribution >= 0.6 is 0 Å². The summed E-state index contributed by atoms with van der Waals surface area (Å²) >= 11 is 0. The number of aryl methyl sites for hydroxylation is 2. The van der Waals surface area contributed by atoms with Crippen LogP contribution in [0, 0.1) is 13.8 Å². The van der Waals surface area contributed by atoms with E-state index in [1.165, 1.54) is 11.1 Å². The van der Waals surface area contributed by atoms with Crippen molar-refractivity contribution in [2.75, 3.05) is 43.4 Å². The maximum atomic E-state index is 4.91. The van der Waals surface area contributed by atoms with Crippen LogP contribution in [-0.4, -0.2) is 58.3 Å². The second-order valence-corrected chi connectivity index (χ2v) is 7.97.